The molecule has 1 aliphatic rings. The largest absolute Gasteiger partial charge is 0.447 e. The van der Waals surface area contributed by atoms with Gasteiger partial charge >= 0.3 is 0 Å². The van der Waals surface area contributed by atoms with E-state index < -0.39 is 0 Å². The van der Waals surface area contributed by atoms with Gasteiger partial charge in [-0.3, -0.25) is 9.78 Å². The van der Waals surface area contributed by atoms with Gasteiger partial charge in [0.1, 0.15) is 12.3 Å². The van der Waals surface area contributed by atoms with Crippen molar-refractivity contribution in [2.75, 3.05) is 0 Å². The monoisotopic (exact) mass is 375 g/mol. The minimum absolute atomic E-state index is 0.191. The Morgan fingerprint density at radius 2 is 2.14 bits per heavy atom. The first-order valence-electron chi connectivity index (χ1n) is 9.71. The average molecular weight is 375 g/mol. The molecule has 0 saturated heterocycles. The number of para-hydroxylation sites is 1. The highest BCUT2D eigenvalue weighted by atomic mass is 16.3. The first-order chi connectivity index (χ1) is 13.4. The number of fused-ring (bicyclic) bond motifs is 1. The van der Waals surface area contributed by atoms with Crippen molar-refractivity contribution in [2.24, 2.45) is 5.41 Å². The molecule has 1 aromatic carbocycles. The van der Waals surface area contributed by atoms with Crippen molar-refractivity contribution in [2.45, 2.75) is 46.1 Å². The standard InChI is InChI=1S/C23H25N3O2/c1-15(22-24-11-12-28-22)26-21(27)18-13-17-5-4-6-19(20(17)25-14-18)16-7-9-23(2,3)10-8-16/h4-7,11-15H,8-10H2,1-3H3,(H,26,27)/t15-/m1/s1. The molecule has 28 heavy (non-hydrogen) atoms. The molecule has 1 aliphatic carbocycles. The minimum atomic E-state index is -0.305. The number of hydrogen-bond donors (Lipinski definition) is 1. The van der Waals surface area contributed by atoms with Crippen LogP contribution in [-0.2, 0) is 0 Å². The first kappa shape index (κ1) is 18.4. The SMILES string of the molecule is C[C@@H](NC(=O)c1cnc2c(C3=CCC(C)(C)CC3)cccc2c1)c1ncco1. The van der Waals surface area contributed by atoms with Gasteiger partial charge in [0.2, 0.25) is 5.89 Å². The van der Waals surface area contributed by atoms with E-state index in [9.17, 15) is 4.79 Å². The Hall–Kier alpha value is -2.95. The van der Waals surface area contributed by atoms with E-state index >= 15 is 0 Å². The molecule has 5 heteroatoms. The fraction of sp³-hybridized carbons (Fsp3) is 0.348. The molecule has 0 spiro atoms. The second-order valence-electron chi connectivity index (χ2n) is 8.26. The molecular formula is C23H25N3O2. The summed E-state index contributed by atoms with van der Waals surface area (Å²) in [5, 5.41) is 3.88. The number of aromatic nitrogens is 2. The lowest BCUT2D eigenvalue weighted by Crippen LogP contribution is -2.26. The van der Waals surface area contributed by atoms with Crippen molar-refractivity contribution in [1.29, 1.82) is 0 Å². The van der Waals surface area contributed by atoms with E-state index in [2.05, 4.69) is 41.3 Å². The molecule has 1 N–H and O–H groups in total. The Labute approximate surface area is 164 Å². The van der Waals surface area contributed by atoms with Gasteiger partial charge in [0, 0.05) is 17.1 Å². The Balaban J connectivity index is 1.60. The maximum atomic E-state index is 12.6. The molecule has 0 unspecified atom stereocenters. The third kappa shape index (κ3) is 3.70. The lowest BCUT2D eigenvalue weighted by Gasteiger charge is -2.29. The molecule has 1 atom stereocenters. The highest BCUT2D eigenvalue weighted by Gasteiger charge is 2.23. The molecule has 0 aliphatic heterocycles. The molecule has 4 rings (SSSR count). The maximum absolute atomic E-state index is 12.6. The number of oxazole rings is 1. The van der Waals surface area contributed by atoms with E-state index in [1.807, 2.05) is 25.1 Å². The molecular weight excluding hydrogens is 350 g/mol. The summed E-state index contributed by atoms with van der Waals surface area (Å²) in [6.45, 7) is 6.46. The Morgan fingerprint density at radius 1 is 1.29 bits per heavy atom. The van der Waals surface area contributed by atoms with Crippen molar-refractivity contribution < 1.29 is 9.21 Å². The van der Waals surface area contributed by atoms with Gasteiger partial charge in [-0.2, -0.15) is 0 Å². The number of hydrogen-bond acceptors (Lipinski definition) is 4. The molecule has 5 nitrogen and oxygen atoms in total. The van der Waals surface area contributed by atoms with Crippen LogP contribution in [0.2, 0.25) is 0 Å². The molecule has 0 saturated carbocycles. The van der Waals surface area contributed by atoms with Crippen LogP contribution in [0.25, 0.3) is 16.5 Å². The topological polar surface area (TPSA) is 68.0 Å². The predicted octanol–water partition coefficient (Wildman–Crippen LogP) is 5.31. The van der Waals surface area contributed by atoms with Gasteiger partial charge in [-0.25, -0.2) is 4.98 Å². The van der Waals surface area contributed by atoms with Gasteiger partial charge < -0.3 is 9.73 Å². The second-order valence-corrected chi connectivity index (χ2v) is 8.26. The molecule has 0 radical (unpaired) electrons. The predicted molar refractivity (Wildman–Crippen MR) is 110 cm³/mol. The van der Waals surface area contributed by atoms with Crippen molar-refractivity contribution in [3.63, 3.8) is 0 Å². The Bertz CT molecular complexity index is 1040. The lowest BCUT2D eigenvalue weighted by atomic mass is 9.77. The summed E-state index contributed by atoms with van der Waals surface area (Å²) >= 11 is 0. The highest BCUT2D eigenvalue weighted by Crippen LogP contribution is 2.39. The number of rotatable bonds is 4. The van der Waals surface area contributed by atoms with Crippen LogP contribution >= 0.6 is 0 Å². The van der Waals surface area contributed by atoms with Crippen LogP contribution in [0.4, 0.5) is 0 Å². The van der Waals surface area contributed by atoms with Gasteiger partial charge in [0.15, 0.2) is 0 Å². The summed E-state index contributed by atoms with van der Waals surface area (Å²) in [5.41, 5.74) is 4.37. The second kappa shape index (κ2) is 7.23. The van der Waals surface area contributed by atoms with Gasteiger partial charge in [-0.15, -0.1) is 0 Å². The van der Waals surface area contributed by atoms with E-state index in [1.54, 1.807) is 12.4 Å². The van der Waals surface area contributed by atoms with Crippen LogP contribution < -0.4 is 5.32 Å². The quantitative estimate of drug-likeness (QED) is 0.671. The van der Waals surface area contributed by atoms with Gasteiger partial charge in [0.05, 0.1) is 17.3 Å². The number of nitrogens with zero attached hydrogens (tertiary/aromatic N) is 2. The first-order valence-corrected chi connectivity index (χ1v) is 9.71. The van der Waals surface area contributed by atoms with Crippen molar-refractivity contribution in [1.82, 2.24) is 15.3 Å². The summed E-state index contributed by atoms with van der Waals surface area (Å²) in [5.74, 6) is 0.292. The zero-order chi connectivity index (χ0) is 19.7. The third-order valence-corrected chi connectivity index (χ3v) is 5.46. The summed E-state index contributed by atoms with van der Waals surface area (Å²) in [4.78, 5) is 21.3. The molecule has 144 valence electrons. The van der Waals surface area contributed by atoms with Crippen molar-refractivity contribution >= 4 is 22.4 Å². The normalized spacial score (nSPS) is 17.2. The van der Waals surface area contributed by atoms with Gasteiger partial charge in [-0.05, 0) is 43.2 Å². The molecule has 3 aromatic rings. The number of amides is 1. The maximum Gasteiger partial charge on any atom is 0.253 e. The zero-order valence-electron chi connectivity index (χ0n) is 16.5. The number of carbonyl (C=O) groups is 1. The highest BCUT2D eigenvalue weighted by molar-refractivity contribution is 5.99. The number of nitrogens with one attached hydrogen (secondary N) is 1. The van der Waals surface area contributed by atoms with Crippen molar-refractivity contribution in [3.05, 3.63) is 66.0 Å². The summed E-state index contributed by atoms with van der Waals surface area (Å²) in [7, 11) is 0. The molecule has 0 bridgehead atoms. The molecule has 1 amide bonds. The summed E-state index contributed by atoms with van der Waals surface area (Å²) < 4.78 is 5.25. The summed E-state index contributed by atoms with van der Waals surface area (Å²) in [6.07, 6.45) is 10.4. The summed E-state index contributed by atoms with van der Waals surface area (Å²) in [6, 6.07) is 7.77. The van der Waals surface area contributed by atoms with E-state index in [4.69, 9.17) is 4.42 Å². The number of carbonyl (C=O) groups excluding carboxylic acids is 1. The van der Waals surface area contributed by atoms with Gasteiger partial charge in [-0.1, -0.05) is 38.1 Å². The Morgan fingerprint density at radius 3 is 2.86 bits per heavy atom. The fourth-order valence-corrected chi connectivity index (χ4v) is 3.66. The fourth-order valence-electron chi connectivity index (χ4n) is 3.66. The molecule has 2 aromatic heterocycles. The molecule has 0 fully saturated rings. The average Bonchev–Trinajstić information content (AvgIpc) is 3.22. The van der Waals surface area contributed by atoms with E-state index in [-0.39, 0.29) is 11.9 Å². The number of pyridine rings is 1. The zero-order valence-corrected chi connectivity index (χ0v) is 16.5. The van der Waals surface area contributed by atoms with E-state index in [0.717, 1.165) is 23.7 Å². The van der Waals surface area contributed by atoms with Crippen molar-refractivity contribution in [3.8, 4) is 0 Å². The van der Waals surface area contributed by atoms with E-state index in [1.165, 1.54) is 23.8 Å². The third-order valence-electron chi connectivity index (χ3n) is 5.46. The van der Waals surface area contributed by atoms with Crippen LogP contribution in [0.15, 0.2) is 53.4 Å². The smallest absolute Gasteiger partial charge is 0.253 e. The number of benzene rings is 1. The van der Waals surface area contributed by atoms with Crippen LogP contribution in [0.5, 0.6) is 0 Å². The van der Waals surface area contributed by atoms with Crippen LogP contribution in [0.1, 0.15) is 67.9 Å². The van der Waals surface area contributed by atoms with Crippen LogP contribution in [0.3, 0.4) is 0 Å². The lowest BCUT2D eigenvalue weighted by molar-refractivity contribution is 0.0934. The number of allylic oxidation sites excluding steroid dienone is 2. The molecule has 2 heterocycles. The minimum Gasteiger partial charge on any atom is -0.447 e. The van der Waals surface area contributed by atoms with Gasteiger partial charge in [0.25, 0.3) is 5.91 Å². The van der Waals surface area contributed by atoms with E-state index in [0.29, 0.717) is 16.9 Å². The van der Waals surface area contributed by atoms with Crippen LogP contribution in [0, 0.1) is 5.41 Å². The van der Waals surface area contributed by atoms with Crippen LogP contribution in [-0.4, -0.2) is 15.9 Å². The Kier molecular flexibility index (Phi) is 4.75.